The topological polar surface area (TPSA) is 37.3 Å². The minimum atomic E-state index is 0. The van der Waals surface area contributed by atoms with Crippen LogP contribution in [0.15, 0.2) is 16.7 Å². The summed E-state index contributed by atoms with van der Waals surface area (Å²) in [4.78, 5) is 14.5. The predicted octanol–water partition coefficient (Wildman–Crippen LogP) is 2.69. The van der Waals surface area contributed by atoms with E-state index in [0.717, 1.165) is 42.8 Å². The number of rotatable bonds is 2. The molecule has 0 bridgehead atoms. The normalized spacial score (nSPS) is 16.1. The van der Waals surface area contributed by atoms with Crippen LogP contribution in [0.5, 0.6) is 0 Å². The van der Waals surface area contributed by atoms with Crippen molar-refractivity contribution in [3.05, 3.63) is 22.4 Å². The summed E-state index contributed by atoms with van der Waals surface area (Å²) < 4.78 is 3.00. The standard InChI is InChI=1S/C13H20BrN3O.ClH/c1-10(2)17-9-11(14)8-12(17)13(18)16-6-3-4-15-5-7-16;/h8-10,15H,3-7H2,1-2H3;1H. The van der Waals surface area contributed by atoms with E-state index in [1.165, 1.54) is 0 Å². The highest BCUT2D eigenvalue weighted by Gasteiger charge is 2.21. The second-order valence-corrected chi connectivity index (χ2v) is 5.86. The van der Waals surface area contributed by atoms with Crippen LogP contribution in [0.25, 0.3) is 0 Å². The van der Waals surface area contributed by atoms with E-state index in [2.05, 4.69) is 35.1 Å². The monoisotopic (exact) mass is 349 g/mol. The fourth-order valence-corrected chi connectivity index (χ4v) is 2.69. The van der Waals surface area contributed by atoms with E-state index in [-0.39, 0.29) is 18.3 Å². The van der Waals surface area contributed by atoms with Gasteiger partial charge in [-0.05, 0) is 48.8 Å². The van der Waals surface area contributed by atoms with Crippen LogP contribution < -0.4 is 5.32 Å². The van der Waals surface area contributed by atoms with Crippen molar-refractivity contribution in [2.24, 2.45) is 0 Å². The molecule has 1 aromatic heterocycles. The zero-order chi connectivity index (χ0) is 13.1. The summed E-state index contributed by atoms with van der Waals surface area (Å²) in [6, 6.07) is 2.21. The van der Waals surface area contributed by atoms with Gasteiger partial charge in [0.25, 0.3) is 5.91 Å². The van der Waals surface area contributed by atoms with E-state index in [0.29, 0.717) is 6.04 Å². The first-order valence-electron chi connectivity index (χ1n) is 6.47. The summed E-state index contributed by atoms with van der Waals surface area (Å²) in [7, 11) is 0. The number of hydrogen-bond acceptors (Lipinski definition) is 2. The lowest BCUT2D eigenvalue weighted by Gasteiger charge is -2.22. The van der Waals surface area contributed by atoms with Crippen molar-refractivity contribution >= 4 is 34.2 Å². The highest BCUT2D eigenvalue weighted by Crippen LogP contribution is 2.21. The molecule has 108 valence electrons. The molecule has 2 rings (SSSR count). The molecule has 1 aromatic rings. The summed E-state index contributed by atoms with van der Waals surface area (Å²) in [6.07, 6.45) is 3.00. The van der Waals surface area contributed by atoms with E-state index < -0.39 is 0 Å². The Bertz CT molecular complexity index is 426. The number of amides is 1. The number of aromatic nitrogens is 1. The van der Waals surface area contributed by atoms with Crippen molar-refractivity contribution in [3.8, 4) is 0 Å². The predicted molar refractivity (Wildman–Crippen MR) is 83.2 cm³/mol. The third-order valence-electron chi connectivity index (χ3n) is 3.22. The number of hydrogen-bond donors (Lipinski definition) is 1. The fraction of sp³-hybridized carbons (Fsp3) is 0.615. The first kappa shape index (κ1) is 16.5. The molecule has 0 atom stereocenters. The lowest BCUT2D eigenvalue weighted by Crippen LogP contribution is -2.35. The van der Waals surface area contributed by atoms with Crippen LogP contribution in [0.2, 0.25) is 0 Å². The molecule has 1 N–H and O–H groups in total. The Morgan fingerprint density at radius 2 is 2.11 bits per heavy atom. The molecule has 1 aliphatic rings. The number of carbonyl (C=O) groups excluding carboxylic acids is 1. The fourth-order valence-electron chi connectivity index (χ4n) is 2.26. The zero-order valence-corrected chi connectivity index (χ0v) is 13.8. The maximum atomic E-state index is 12.5. The van der Waals surface area contributed by atoms with Crippen molar-refractivity contribution in [1.82, 2.24) is 14.8 Å². The molecule has 2 heterocycles. The Morgan fingerprint density at radius 1 is 1.37 bits per heavy atom. The smallest absolute Gasteiger partial charge is 0.270 e. The average molecular weight is 351 g/mol. The molecule has 6 heteroatoms. The lowest BCUT2D eigenvalue weighted by atomic mass is 10.3. The van der Waals surface area contributed by atoms with Gasteiger partial charge in [-0.3, -0.25) is 4.79 Å². The molecule has 1 aliphatic heterocycles. The second-order valence-electron chi connectivity index (χ2n) is 4.94. The van der Waals surface area contributed by atoms with E-state index in [4.69, 9.17) is 0 Å². The molecule has 19 heavy (non-hydrogen) atoms. The third kappa shape index (κ3) is 3.97. The van der Waals surface area contributed by atoms with Crippen molar-refractivity contribution in [2.75, 3.05) is 26.2 Å². The first-order chi connectivity index (χ1) is 8.59. The van der Waals surface area contributed by atoms with Crippen molar-refractivity contribution in [2.45, 2.75) is 26.3 Å². The van der Waals surface area contributed by atoms with Crippen LogP contribution in [0, 0.1) is 0 Å². The summed E-state index contributed by atoms with van der Waals surface area (Å²) in [6.45, 7) is 7.70. The lowest BCUT2D eigenvalue weighted by molar-refractivity contribution is 0.0754. The molecule has 1 fully saturated rings. The van der Waals surface area contributed by atoms with Crippen LogP contribution in [0.1, 0.15) is 36.8 Å². The summed E-state index contributed by atoms with van der Waals surface area (Å²) >= 11 is 3.46. The highest BCUT2D eigenvalue weighted by molar-refractivity contribution is 9.10. The molecule has 0 aromatic carbocycles. The second kappa shape index (κ2) is 7.31. The SMILES string of the molecule is CC(C)n1cc(Br)cc1C(=O)N1CCCNCC1.Cl. The quantitative estimate of drug-likeness (QED) is 0.890. The van der Waals surface area contributed by atoms with Gasteiger partial charge in [0.2, 0.25) is 0 Å². The molecule has 0 spiro atoms. The van der Waals surface area contributed by atoms with Gasteiger partial charge < -0.3 is 14.8 Å². The van der Waals surface area contributed by atoms with Gasteiger partial charge in [0.1, 0.15) is 5.69 Å². The van der Waals surface area contributed by atoms with Crippen molar-refractivity contribution in [3.63, 3.8) is 0 Å². The Balaban J connectivity index is 0.00000180. The van der Waals surface area contributed by atoms with Gasteiger partial charge in [0.15, 0.2) is 0 Å². The number of carbonyl (C=O) groups is 1. The van der Waals surface area contributed by atoms with E-state index in [9.17, 15) is 4.79 Å². The summed E-state index contributed by atoms with van der Waals surface area (Å²) in [5.41, 5.74) is 0.777. The molecule has 0 saturated carbocycles. The van der Waals surface area contributed by atoms with Gasteiger partial charge in [-0.25, -0.2) is 0 Å². The molecule has 0 aliphatic carbocycles. The van der Waals surface area contributed by atoms with Gasteiger partial charge >= 0.3 is 0 Å². The van der Waals surface area contributed by atoms with Crippen LogP contribution in [0.4, 0.5) is 0 Å². The molecule has 4 nitrogen and oxygen atoms in total. The highest BCUT2D eigenvalue weighted by atomic mass is 79.9. The van der Waals surface area contributed by atoms with E-state index >= 15 is 0 Å². The minimum Gasteiger partial charge on any atom is -0.340 e. The van der Waals surface area contributed by atoms with Gasteiger partial charge in [0.05, 0.1) is 0 Å². The van der Waals surface area contributed by atoms with Gasteiger partial charge in [-0.15, -0.1) is 12.4 Å². The minimum absolute atomic E-state index is 0. The Morgan fingerprint density at radius 3 is 2.79 bits per heavy atom. The Labute approximate surface area is 129 Å². The Kier molecular flexibility index (Phi) is 6.36. The van der Waals surface area contributed by atoms with Crippen molar-refractivity contribution < 1.29 is 4.79 Å². The zero-order valence-electron chi connectivity index (χ0n) is 11.4. The Hall–Kier alpha value is -0.520. The van der Waals surface area contributed by atoms with Crippen molar-refractivity contribution in [1.29, 1.82) is 0 Å². The largest absolute Gasteiger partial charge is 0.340 e. The molecule has 0 radical (unpaired) electrons. The number of nitrogens with one attached hydrogen (secondary N) is 1. The summed E-state index contributed by atoms with van der Waals surface area (Å²) in [5.74, 6) is 0.137. The van der Waals surface area contributed by atoms with Gasteiger partial charge in [-0.1, -0.05) is 0 Å². The van der Waals surface area contributed by atoms with Gasteiger partial charge in [0, 0.05) is 36.3 Å². The number of halogens is 2. The molecular weight excluding hydrogens is 330 g/mol. The van der Waals surface area contributed by atoms with Crippen LogP contribution in [-0.2, 0) is 0 Å². The number of nitrogens with zero attached hydrogens (tertiary/aromatic N) is 2. The van der Waals surface area contributed by atoms with E-state index in [1.54, 1.807) is 0 Å². The van der Waals surface area contributed by atoms with E-state index in [1.807, 2.05) is 21.7 Å². The maximum Gasteiger partial charge on any atom is 0.270 e. The molecular formula is C13H21BrClN3O. The van der Waals surface area contributed by atoms with Crippen LogP contribution >= 0.6 is 28.3 Å². The average Bonchev–Trinajstić information content (AvgIpc) is 2.56. The van der Waals surface area contributed by atoms with Crippen LogP contribution in [0.3, 0.4) is 0 Å². The molecule has 1 saturated heterocycles. The van der Waals surface area contributed by atoms with Gasteiger partial charge in [-0.2, -0.15) is 0 Å². The van der Waals surface area contributed by atoms with Crippen LogP contribution in [-0.4, -0.2) is 41.6 Å². The first-order valence-corrected chi connectivity index (χ1v) is 7.26. The molecule has 0 unspecified atom stereocenters. The summed E-state index contributed by atoms with van der Waals surface area (Å²) in [5, 5.41) is 3.32. The third-order valence-corrected chi connectivity index (χ3v) is 3.65. The maximum absolute atomic E-state index is 12.5. The molecule has 1 amide bonds.